The number of ether oxygens (including phenoxy) is 2. The molecule has 0 radical (unpaired) electrons. The van der Waals surface area contributed by atoms with Gasteiger partial charge < -0.3 is 14.0 Å². The second kappa shape index (κ2) is 5.85. The van der Waals surface area contributed by atoms with Gasteiger partial charge in [0.05, 0.1) is 21.1 Å². The predicted molar refractivity (Wildman–Crippen MR) is 86.5 cm³/mol. The number of rotatable bonds is 3. The monoisotopic (exact) mass is 321 g/mol. The first kappa shape index (κ1) is 17.3. The summed E-state index contributed by atoms with van der Waals surface area (Å²) in [6.07, 6.45) is 0.0504. The van der Waals surface area contributed by atoms with Gasteiger partial charge in [-0.2, -0.15) is 0 Å². The molecule has 0 spiro atoms. The van der Waals surface area contributed by atoms with Gasteiger partial charge in [0, 0.05) is 19.0 Å². The fourth-order valence-corrected chi connectivity index (χ4v) is 2.44. The standard InChI is InChI=1S/C17H25N2O4/c1-17(2)10-12-8-7-9-13(15(12)23-17)22-16(21)18(3)14(20)11-19(4,5)6/h7-9H,10-11H2,1-6H3/q+1. The van der Waals surface area contributed by atoms with Gasteiger partial charge >= 0.3 is 6.09 Å². The Labute approximate surface area is 137 Å². The third-order valence-electron chi connectivity index (χ3n) is 3.51. The molecule has 2 amide bonds. The molecule has 2 rings (SSSR count). The van der Waals surface area contributed by atoms with Crippen molar-refractivity contribution >= 4 is 12.0 Å². The normalized spacial score (nSPS) is 15.6. The number of carbonyl (C=O) groups is 2. The number of nitrogens with zero attached hydrogens (tertiary/aromatic N) is 2. The van der Waals surface area contributed by atoms with E-state index in [4.69, 9.17) is 9.47 Å². The number of para-hydroxylation sites is 1. The molecule has 126 valence electrons. The average molecular weight is 321 g/mol. The van der Waals surface area contributed by atoms with Crippen molar-refractivity contribution in [2.24, 2.45) is 0 Å². The molecule has 0 N–H and O–H groups in total. The van der Waals surface area contributed by atoms with Gasteiger partial charge in [-0.1, -0.05) is 12.1 Å². The van der Waals surface area contributed by atoms with E-state index in [0.717, 1.165) is 16.9 Å². The largest absolute Gasteiger partial charge is 0.483 e. The van der Waals surface area contributed by atoms with E-state index in [9.17, 15) is 9.59 Å². The van der Waals surface area contributed by atoms with Crippen LogP contribution in [-0.4, -0.2) is 61.7 Å². The highest BCUT2D eigenvalue weighted by atomic mass is 16.6. The topological polar surface area (TPSA) is 55.8 Å². The second-order valence-corrected chi connectivity index (χ2v) is 7.55. The Bertz CT molecular complexity index is 632. The van der Waals surface area contributed by atoms with Crippen LogP contribution in [0, 0.1) is 0 Å². The molecule has 6 heteroatoms. The molecule has 0 aliphatic carbocycles. The smallest absolute Gasteiger partial charge is 0.422 e. The summed E-state index contributed by atoms with van der Waals surface area (Å²) in [5.41, 5.74) is 0.677. The van der Waals surface area contributed by atoms with Crippen molar-refractivity contribution in [3.8, 4) is 11.5 Å². The molecule has 0 fully saturated rings. The summed E-state index contributed by atoms with van der Waals surface area (Å²) in [5.74, 6) is 0.637. The van der Waals surface area contributed by atoms with Crippen LogP contribution in [0.1, 0.15) is 19.4 Å². The Morgan fingerprint density at radius 3 is 2.57 bits per heavy atom. The van der Waals surface area contributed by atoms with E-state index >= 15 is 0 Å². The first-order chi connectivity index (χ1) is 10.5. The van der Waals surface area contributed by atoms with E-state index in [1.165, 1.54) is 7.05 Å². The predicted octanol–water partition coefficient (Wildman–Crippen LogP) is 2.06. The Balaban J connectivity index is 2.11. The third kappa shape index (κ3) is 4.22. The molecule has 23 heavy (non-hydrogen) atoms. The lowest BCUT2D eigenvalue weighted by molar-refractivity contribution is -0.862. The number of quaternary nitrogens is 1. The molecule has 0 saturated heterocycles. The minimum Gasteiger partial charge on any atom is -0.483 e. The van der Waals surface area contributed by atoms with Crippen LogP contribution in [-0.2, 0) is 11.2 Å². The van der Waals surface area contributed by atoms with Crippen LogP contribution in [0.25, 0.3) is 0 Å². The Hall–Kier alpha value is -2.08. The summed E-state index contributed by atoms with van der Waals surface area (Å²) in [4.78, 5) is 25.3. The number of fused-ring (bicyclic) bond motifs is 1. The molecular formula is C17H25N2O4+. The van der Waals surface area contributed by atoms with Crippen molar-refractivity contribution in [1.29, 1.82) is 0 Å². The second-order valence-electron chi connectivity index (χ2n) is 7.55. The van der Waals surface area contributed by atoms with E-state index in [1.807, 2.05) is 47.1 Å². The number of benzene rings is 1. The minimum absolute atomic E-state index is 0.210. The van der Waals surface area contributed by atoms with Crippen molar-refractivity contribution in [3.63, 3.8) is 0 Å². The minimum atomic E-state index is -0.704. The zero-order chi connectivity index (χ0) is 17.4. The van der Waals surface area contributed by atoms with Crippen LogP contribution >= 0.6 is 0 Å². The summed E-state index contributed by atoms with van der Waals surface area (Å²) in [6, 6.07) is 5.45. The molecule has 1 aliphatic heterocycles. The van der Waals surface area contributed by atoms with Gasteiger partial charge in [0.25, 0.3) is 5.91 Å². The van der Waals surface area contributed by atoms with E-state index in [-0.39, 0.29) is 18.1 Å². The summed E-state index contributed by atoms with van der Waals surface area (Å²) in [7, 11) is 7.08. The molecule has 0 atom stereocenters. The van der Waals surface area contributed by atoms with Gasteiger partial charge in [-0.05, 0) is 19.9 Å². The lowest BCUT2D eigenvalue weighted by Crippen LogP contribution is -2.47. The third-order valence-corrected chi connectivity index (χ3v) is 3.51. The molecule has 1 heterocycles. The number of hydrogen-bond acceptors (Lipinski definition) is 4. The van der Waals surface area contributed by atoms with Crippen LogP contribution in [0.2, 0.25) is 0 Å². The molecule has 0 saturated carbocycles. The fourth-order valence-electron chi connectivity index (χ4n) is 2.44. The van der Waals surface area contributed by atoms with Crippen LogP contribution in [0.4, 0.5) is 4.79 Å². The highest BCUT2D eigenvalue weighted by Gasteiger charge is 2.33. The fraction of sp³-hybridized carbons (Fsp3) is 0.529. The molecule has 0 unspecified atom stereocenters. The molecule has 1 aromatic carbocycles. The lowest BCUT2D eigenvalue weighted by atomic mass is 10.0. The van der Waals surface area contributed by atoms with Crippen molar-refractivity contribution < 1.29 is 23.5 Å². The Kier molecular flexibility index (Phi) is 4.39. The zero-order valence-electron chi connectivity index (χ0n) is 14.7. The molecular weight excluding hydrogens is 296 g/mol. The Morgan fingerprint density at radius 2 is 1.96 bits per heavy atom. The summed E-state index contributed by atoms with van der Waals surface area (Å²) < 4.78 is 11.7. The lowest BCUT2D eigenvalue weighted by Gasteiger charge is -2.25. The Morgan fingerprint density at radius 1 is 1.30 bits per heavy atom. The van der Waals surface area contributed by atoms with E-state index in [0.29, 0.717) is 16.0 Å². The molecule has 0 bridgehead atoms. The van der Waals surface area contributed by atoms with Crippen molar-refractivity contribution in [1.82, 2.24) is 4.90 Å². The molecule has 6 nitrogen and oxygen atoms in total. The van der Waals surface area contributed by atoms with Crippen LogP contribution in [0.15, 0.2) is 18.2 Å². The van der Waals surface area contributed by atoms with Crippen molar-refractivity contribution in [2.45, 2.75) is 25.9 Å². The van der Waals surface area contributed by atoms with Crippen LogP contribution in [0.3, 0.4) is 0 Å². The number of hydrogen-bond donors (Lipinski definition) is 0. The maximum Gasteiger partial charge on any atom is 0.422 e. The van der Waals surface area contributed by atoms with Gasteiger partial charge in [0.2, 0.25) is 0 Å². The van der Waals surface area contributed by atoms with Crippen LogP contribution in [0.5, 0.6) is 11.5 Å². The number of imide groups is 1. The number of likely N-dealkylation sites (N-methyl/N-ethyl adjacent to an activating group) is 2. The highest BCUT2D eigenvalue weighted by molar-refractivity contribution is 5.93. The maximum absolute atomic E-state index is 12.2. The van der Waals surface area contributed by atoms with E-state index in [2.05, 4.69) is 0 Å². The van der Waals surface area contributed by atoms with E-state index < -0.39 is 6.09 Å². The quantitative estimate of drug-likeness (QED) is 0.800. The van der Waals surface area contributed by atoms with Gasteiger partial charge in [-0.3, -0.25) is 4.79 Å². The summed E-state index contributed by atoms with van der Waals surface area (Å²) in [6.45, 7) is 4.17. The van der Waals surface area contributed by atoms with E-state index in [1.54, 1.807) is 6.07 Å². The SMILES string of the molecule is CN(C(=O)C[N+](C)(C)C)C(=O)Oc1cccc2c1OC(C)(C)C2. The van der Waals surface area contributed by atoms with Crippen molar-refractivity contribution in [3.05, 3.63) is 23.8 Å². The van der Waals surface area contributed by atoms with Gasteiger partial charge in [0.15, 0.2) is 18.0 Å². The maximum atomic E-state index is 12.2. The highest BCUT2D eigenvalue weighted by Crippen LogP contribution is 2.41. The summed E-state index contributed by atoms with van der Waals surface area (Å²) in [5, 5.41) is 0. The molecule has 0 aromatic heterocycles. The molecule has 1 aromatic rings. The number of carbonyl (C=O) groups excluding carboxylic acids is 2. The first-order valence-electron chi connectivity index (χ1n) is 7.58. The van der Waals surface area contributed by atoms with Crippen LogP contribution < -0.4 is 9.47 Å². The average Bonchev–Trinajstić information content (AvgIpc) is 2.71. The zero-order valence-corrected chi connectivity index (χ0v) is 14.7. The van der Waals surface area contributed by atoms with Crippen molar-refractivity contribution in [2.75, 3.05) is 34.7 Å². The molecule has 1 aliphatic rings. The summed E-state index contributed by atoms with van der Waals surface area (Å²) >= 11 is 0. The first-order valence-corrected chi connectivity index (χ1v) is 7.58. The van der Waals surface area contributed by atoms with Gasteiger partial charge in [-0.15, -0.1) is 0 Å². The van der Waals surface area contributed by atoms with Gasteiger partial charge in [-0.25, -0.2) is 9.69 Å². The number of amides is 2. The van der Waals surface area contributed by atoms with Gasteiger partial charge in [0.1, 0.15) is 5.60 Å².